The predicted octanol–water partition coefficient (Wildman–Crippen LogP) is 2.45. The average Bonchev–Trinajstić information content (AvgIpc) is 3.16. The van der Waals surface area contributed by atoms with Crippen LogP contribution in [0.1, 0.15) is 12.3 Å². The zero-order valence-corrected chi connectivity index (χ0v) is 14.6. The topological polar surface area (TPSA) is 122 Å². The van der Waals surface area contributed by atoms with E-state index in [0.29, 0.717) is 29.5 Å². The van der Waals surface area contributed by atoms with Gasteiger partial charge in [0.1, 0.15) is 0 Å². The first-order valence-corrected chi connectivity index (χ1v) is 8.25. The van der Waals surface area contributed by atoms with Gasteiger partial charge in [0.25, 0.3) is 0 Å². The van der Waals surface area contributed by atoms with Crippen molar-refractivity contribution >= 4 is 23.3 Å². The molecule has 0 saturated carbocycles. The van der Waals surface area contributed by atoms with Gasteiger partial charge in [-0.05, 0) is 30.3 Å². The molecule has 0 aliphatic carbocycles. The highest BCUT2D eigenvalue weighted by molar-refractivity contribution is 5.93. The molecule has 3 rings (SSSR count). The van der Waals surface area contributed by atoms with Crippen LogP contribution in [0.25, 0.3) is 11.4 Å². The Hall–Kier alpha value is -3.75. The quantitative estimate of drug-likeness (QED) is 0.616. The van der Waals surface area contributed by atoms with Crippen molar-refractivity contribution < 1.29 is 14.1 Å². The van der Waals surface area contributed by atoms with Crippen LogP contribution in [0.3, 0.4) is 0 Å². The molecule has 0 spiro atoms. The van der Waals surface area contributed by atoms with E-state index in [1.54, 1.807) is 48.8 Å². The largest absolute Gasteiger partial charge is 0.341 e. The summed E-state index contributed by atoms with van der Waals surface area (Å²) in [6, 6.07) is 10.1. The Morgan fingerprint density at radius 2 is 1.81 bits per heavy atom. The van der Waals surface area contributed by atoms with Gasteiger partial charge in [-0.1, -0.05) is 11.2 Å². The van der Waals surface area contributed by atoms with Crippen molar-refractivity contribution in [1.82, 2.24) is 20.4 Å². The molecular weight excluding hydrogens is 348 g/mol. The molecule has 2 aromatic heterocycles. The van der Waals surface area contributed by atoms with Gasteiger partial charge in [-0.3, -0.25) is 9.78 Å². The monoisotopic (exact) mass is 366 g/mol. The number of pyridine rings is 1. The number of urea groups is 1. The van der Waals surface area contributed by atoms with Crippen LogP contribution in [0.4, 0.5) is 16.2 Å². The average molecular weight is 366 g/mol. The fourth-order valence-corrected chi connectivity index (χ4v) is 2.29. The van der Waals surface area contributed by atoms with Crippen LogP contribution in [0.15, 0.2) is 53.3 Å². The minimum absolute atomic E-state index is 0.186. The van der Waals surface area contributed by atoms with Gasteiger partial charge in [0.15, 0.2) is 0 Å². The summed E-state index contributed by atoms with van der Waals surface area (Å²) in [6.45, 7) is 0. The molecule has 0 unspecified atom stereocenters. The third-order valence-electron chi connectivity index (χ3n) is 3.60. The van der Waals surface area contributed by atoms with Gasteiger partial charge in [-0.25, -0.2) is 4.79 Å². The highest BCUT2D eigenvalue weighted by Crippen LogP contribution is 2.17. The number of hydrogen-bond donors (Lipinski definition) is 3. The van der Waals surface area contributed by atoms with Crippen molar-refractivity contribution in [3.05, 3.63) is 54.7 Å². The first-order valence-electron chi connectivity index (χ1n) is 8.25. The summed E-state index contributed by atoms with van der Waals surface area (Å²) in [7, 11) is 1.53. The zero-order chi connectivity index (χ0) is 19.1. The summed E-state index contributed by atoms with van der Waals surface area (Å²) in [6.07, 6.45) is 3.79. The fraction of sp³-hybridized carbons (Fsp3) is 0.167. The number of aryl methyl sites for hydroxylation is 1. The summed E-state index contributed by atoms with van der Waals surface area (Å²) < 4.78 is 5.18. The number of nitrogens with one attached hydrogen (secondary N) is 3. The predicted molar refractivity (Wildman–Crippen MR) is 99.0 cm³/mol. The molecule has 0 fully saturated rings. The third-order valence-corrected chi connectivity index (χ3v) is 3.60. The number of carbonyl (C=O) groups excluding carboxylic acids is 2. The van der Waals surface area contributed by atoms with Gasteiger partial charge < -0.3 is 20.5 Å². The molecule has 3 amide bonds. The summed E-state index contributed by atoms with van der Waals surface area (Å²) in [4.78, 5) is 31.7. The number of rotatable bonds is 6. The standard InChI is InChI=1S/C18H18N6O3/c1-19-18(26)22-14-4-2-3-13(11-14)21-15(25)5-6-16-23-17(24-27-16)12-7-9-20-10-8-12/h2-4,7-11H,5-6H2,1H3,(H,21,25)(H2,19,22,26). The molecule has 0 atom stereocenters. The van der Waals surface area contributed by atoms with Crippen molar-refractivity contribution in [3.8, 4) is 11.4 Å². The second-order valence-electron chi connectivity index (χ2n) is 5.58. The first kappa shape index (κ1) is 18.1. The van der Waals surface area contributed by atoms with Gasteiger partial charge in [-0.15, -0.1) is 0 Å². The number of nitrogens with zero attached hydrogens (tertiary/aromatic N) is 3. The van der Waals surface area contributed by atoms with Crippen LogP contribution in [0.2, 0.25) is 0 Å². The van der Waals surface area contributed by atoms with Crippen LogP contribution < -0.4 is 16.0 Å². The zero-order valence-electron chi connectivity index (χ0n) is 14.6. The lowest BCUT2D eigenvalue weighted by molar-refractivity contribution is -0.116. The van der Waals surface area contributed by atoms with E-state index in [1.165, 1.54) is 7.05 Å². The number of hydrogen-bond acceptors (Lipinski definition) is 6. The molecular formula is C18H18N6O3. The smallest absolute Gasteiger partial charge is 0.318 e. The Balaban J connectivity index is 1.54. The lowest BCUT2D eigenvalue weighted by atomic mass is 10.2. The Morgan fingerprint density at radius 3 is 2.56 bits per heavy atom. The number of aromatic nitrogens is 3. The van der Waals surface area contributed by atoms with Crippen molar-refractivity contribution in [3.63, 3.8) is 0 Å². The van der Waals surface area contributed by atoms with Crippen LogP contribution in [0.5, 0.6) is 0 Å². The van der Waals surface area contributed by atoms with Crippen molar-refractivity contribution in [2.45, 2.75) is 12.8 Å². The van der Waals surface area contributed by atoms with E-state index >= 15 is 0 Å². The van der Waals surface area contributed by atoms with Crippen LogP contribution >= 0.6 is 0 Å². The molecule has 0 saturated heterocycles. The maximum absolute atomic E-state index is 12.1. The molecule has 0 bridgehead atoms. The summed E-state index contributed by atoms with van der Waals surface area (Å²) in [5, 5.41) is 11.8. The highest BCUT2D eigenvalue weighted by Gasteiger charge is 2.11. The molecule has 0 aliphatic heterocycles. The van der Waals surface area contributed by atoms with Gasteiger partial charge in [0.2, 0.25) is 17.6 Å². The molecule has 138 valence electrons. The number of carbonyl (C=O) groups is 2. The molecule has 9 nitrogen and oxygen atoms in total. The Labute approximate surface area is 155 Å². The second kappa shape index (κ2) is 8.56. The van der Waals surface area contributed by atoms with Gasteiger partial charge >= 0.3 is 6.03 Å². The van der Waals surface area contributed by atoms with Crippen molar-refractivity contribution in [1.29, 1.82) is 0 Å². The maximum Gasteiger partial charge on any atom is 0.318 e. The molecule has 1 aromatic carbocycles. The van der Waals surface area contributed by atoms with Crippen LogP contribution in [0, 0.1) is 0 Å². The molecule has 9 heteroatoms. The summed E-state index contributed by atoms with van der Waals surface area (Å²) in [5.74, 6) is 0.642. The van der Waals surface area contributed by atoms with E-state index in [-0.39, 0.29) is 18.4 Å². The van der Waals surface area contributed by atoms with E-state index in [2.05, 4.69) is 31.1 Å². The lowest BCUT2D eigenvalue weighted by Gasteiger charge is -2.08. The van der Waals surface area contributed by atoms with Crippen molar-refractivity contribution in [2.75, 3.05) is 17.7 Å². The maximum atomic E-state index is 12.1. The van der Waals surface area contributed by atoms with Crippen LogP contribution in [-0.4, -0.2) is 34.1 Å². The van der Waals surface area contributed by atoms with Gasteiger partial charge in [0.05, 0.1) is 0 Å². The molecule has 3 aromatic rings. The lowest BCUT2D eigenvalue weighted by Crippen LogP contribution is -2.24. The SMILES string of the molecule is CNC(=O)Nc1cccc(NC(=O)CCc2nc(-c3ccncc3)no2)c1. The normalized spacial score (nSPS) is 10.3. The Morgan fingerprint density at radius 1 is 1.07 bits per heavy atom. The van der Waals surface area contributed by atoms with E-state index < -0.39 is 0 Å². The minimum atomic E-state index is -0.333. The Bertz CT molecular complexity index is 926. The third kappa shape index (κ3) is 5.11. The van der Waals surface area contributed by atoms with E-state index in [9.17, 15) is 9.59 Å². The molecule has 0 radical (unpaired) electrons. The van der Waals surface area contributed by atoms with Gasteiger partial charge in [-0.2, -0.15) is 4.98 Å². The molecule has 0 aliphatic rings. The first-order chi connectivity index (χ1) is 13.1. The van der Waals surface area contributed by atoms with E-state index in [1.807, 2.05) is 0 Å². The molecule has 3 N–H and O–H groups in total. The fourth-order valence-electron chi connectivity index (χ4n) is 2.29. The second-order valence-corrected chi connectivity index (χ2v) is 5.58. The highest BCUT2D eigenvalue weighted by atomic mass is 16.5. The van der Waals surface area contributed by atoms with E-state index in [4.69, 9.17) is 4.52 Å². The number of benzene rings is 1. The summed E-state index contributed by atoms with van der Waals surface area (Å²) in [5.41, 5.74) is 1.95. The number of anilines is 2. The Kier molecular flexibility index (Phi) is 5.73. The summed E-state index contributed by atoms with van der Waals surface area (Å²) >= 11 is 0. The van der Waals surface area contributed by atoms with Crippen molar-refractivity contribution in [2.24, 2.45) is 0 Å². The minimum Gasteiger partial charge on any atom is -0.341 e. The molecule has 2 heterocycles. The van der Waals surface area contributed by atoms with E-state index in [0.717, 1.165) is 5.56 Å². The van der Waals surface area contributed by atoms with Gasteiger partial charge in [0, 0.05) is 49.2 Å². The molecule has 27 heavy (non-hydrogen) atoms. The van der Waals surface area contributed by atoms with Crippen LogP contribution in [-0.2, 0) is 11.2 Å². The number of amides is 3.